The first kappa shape index (κ1) is 31.6. The molecule has 41 heavy (non-hydrogen) atoms. The molecule has 0 radical (unpaired) electrons. The highest BCUT2D eigenvalue weighted by molar-refractivity contribution is 7.92. The largest absolute Gasteiger partial charge is 0.492 e. The molecule has 10 heteroatoms. The molecule has 1 N–H and O–H groups in total. The minimum absolute atomic E-state index is 0.00912. The second kappa shape index (κ2) is 14.1. The molecule has 0 aromatic heterocycles. The van der Waals surface area contributed by atoms with Crippen LogP contribution >= 0.6 is 0 Å². The average molecular weight is 584 g/mol. The lowest BCUT2D eigenvalue weighted by Gasteiger charge is -2.33. The van der Waals surface area contributed by atoms with Crippen molar-refractivity contribution < 1.29 is 27.1 Å². The van der Waals surface area contributed by atoms with E-state index in [1.54, 1.807) is 50.2 Å². The van der Waals surface area contributed by atoms with Crippen LogP contribution in [-0.4, -0.2) is 50.4 Å². The summed E-state index contributed by atoms with van der Waals surface area (Å²) in [6.07, 6.45) is 0.696. The number of nitrogens with zero attached hydrogens (tertiary/aromatic N) is 2. The Morgan fingerprint density at radius 2 is 1.59 bits per heavy atom. The minimum atomic E-state index is -4.23. The van der Waals surface area contributed by atoms with E-state index < -0.39 is 34.3 Å². The second-order valence-corrected chi connectivity index (χ2v) is 11.7. The summed E-state index contributed by atoms with van der Waals surface area (Å²) in [7, 11) is -4.23. The fraction of sp³-hybridized carbons (Fsp3) is 0.355. The van der Waals surface area contributed by atoms with Gasteiger partial charge in [0.05, 0.1) is 17.2 Å². The number of sulfonamides is 1. The van der Waals surface area contributed by atoms with E-state index in [4.69, 9.17) is 4.74 Å². The third-order valence-corrected chi connectivity index (χ3v) is 8.53. The molecule has 3 aromatic rings. The van der Waals surface area contributed by atoms with Crippen LogP contribution in [0, 0.1) is 12.7 Å². The maximum Gasteiger partial charge on any atom is 0.264 e. The molecule has 0 saturated carbocycles. The Hall–Kier alpha value is -3.92. The van der Waals surface area contributed by atoms with Crippen molar-refractivity contribution in [2.24, 2.45) is 0 Å². The monoisotopic (exact) mass is 583 g/mol. The summed E-state index contributed by atoms with van der Waals surface area (Å²) in [6.45, 7) is 8.67. The van der Waals surface area contributed by atoms with Crippen molar-refractivity contribution in [3.8, 4) is 5.75 Å². The lowest BCUT2D eigenvalue weighted by atomic mass is 10.1. The molecule has 0 aliphatic heterocycles. The van der Waals surface area contributed by atoms with E-state index in [0.29, 0.717) is 17.7 Å². The van der Waals surface area contributed by atoms with Gasteiger partial charge in [-0.1, -0.05) is 48.9 Å². The highest BCUT2D eigenvalue weighted by Crippen LogP contribution is 2.33. The van der Waals surface area contributed by atoms with E-state index in [1.807, 2.05) is 20.8 Å². The number of hydrogen-bond acceptors (Lipinski definition) is 5. The van der Waals surface area contributed by atoms with Crippen molar-refractivity contribution in [2.45, 2.75) is 64.6 Å². The topological polar surface area (TPSA) is 96.0 Å². The second-order valence-electron chi connectivity index (χ2n) is 9.87. The first-order valence-corrected chi connectivity index (χ1v) is 15.1. The molecule has 0 saturated heterocycles. The van der Waals surface area contributed by atoms with Crippen LogP contribution in [0.2, 0.25) is 0 Å². The molecule has 0 bridgehead atoms. The van der Waals surface area contributed by atoms with Gasteiger partial charge in [-0.3, -0.25) is 13.9 Å². The number of halogens is 1. The zero-order valence-electron chi connectivity index (χ0n) is 24.1. The van der Waals surface area contributed by atoms with Crippen LogP contribution in [0.15, 0.2) is 77.7 Å². The molecule has 0 unspecified atom stereocenters. The molecular weight excluding hydrogens is 545 g/mol. The molecule has 0 heterocycles. The van der Waals surface area contributed by atoms with Gasteiger partial charge >= 0.3 is 0 Å². The molecule has 0 spiro atoms. The molecule has 2 atom stereocenters. The molecule has 0 aliphatic rings. The molecule has 0 aliphatic carbocycles. The summed E-state index contributed by atoms with van der Waals surface area (Å²) >= 11 is 0. The highest BCUT2D eigenvalue weighted by Gasteiger charge is 2.34. The maximum absolute atomic E-state index is 14.0. The van der Waals surface area contributed by atoms with Crippen molar-refractivity contribution in [1.29, 1.82) is 0 Å². The molecule has 2 amide bonds. The number of carbonyl (C=O) groups is 2. The zero-order valence-corrected chi connectivity index (χ0v) is 24.9. The van der Waals surface area contributed by atoms with Gasteiger partial charge in [-0.15, -0.1) is 0 Å². The predicted molar refractivity (Wildman–Crippen MR) is 158 cm³/mol. The summed E-state index contributed by atoms with van der Waals surface area (Å²) in [4.78, 5) is 28.5. The van der Waals surface area contributed by atoms with Crippen molar-refractivity contribution in [2.75, 3.05) is 17.5 Å². The Kier molecular flexibility index (Phi) is 10.9. The Balaban J connectivity index is 2.07. The number of para-hydroxylation sites is 2. The van der Waals surface area contributed by atoms with Crippen LogP contribution < -0.4 is 14.4 Å². The SMILES string of the molecule is CCOc1ccccc1N(CC(=O)N(Cc1ccc(F)cc1)[C@@H](C)C(=O)N[C@H](C)CC)S(=O)(=O)c1ccc(C)cc1. The Morgan fingerprint density at radius 3 is 2.20 bits per heavy atom. The van der Waals surface area contributed by atoms with Crippen molar-refractivity contribution in [3.05, 3.63) is 89.7 Å². The van der Waals surface area contributed by atoms with E-state index in [-0.39, 0.29) is 35.7 Å². The van der Waals surface area contributed by atoms with E-state index in [1.165, 1.54) is 41.3 Å². The molecule has 8 nitrogen and oxygen atoms in total. The third-order valence-electron chi connectivity index (χ3n) is 6.76. The molecule has 3 rings (SSSR count). The van der Waals surface area contributed by atoms with Gasteiger partial charge in [-0.05, 0) is 76.1 Å². The molecule has 3 aromatic carbocycles. The normalized spacial score (nSPS) is 12.7. The quantitative estimate of drug-likeness (QED) is 0.304. The van der Waals surface area contributed by atoms with Crippen molar-refractivity contribution in [3.63, 3.8) is 0 Å². The van der Waals surface area contributed by atoms with Crippen LogP contribution in [0.25, 0.3) is 0 Å². The number of anilines is 1. The summed E-state index contributed by atoms with van der Waals surface area (Å²) in [6, 6.07) is 17.5. The highest BCUT2D eigenvalue weighted by atomic mass is 32.2. The third kappa shape index (κ3) is 8.07. The zero-order chi connectivity index (χ0) is 30.2. The number of hydrogen-bond donors (Lipinski definition) is 1. The first-order valence-electron chi connectivity index (χ1n) is 13.6. The van der Waals surface area contributed by atoms with Gasteiger partial charge in [-0.25, -0.2) is 12.8 Å². The predicted octanol–water partition coefficient (Wildman–Crippen LogP) is 5.06. The molecule has 220 valence electrons. The molecular formula is C31H38FN3O5S. The van der Waals surface area contributed by atoms with Gasteiger partial charge in [0.15, 0.2) is 0 Å². The first-order chi connectivity index (χ1) is 19.5. The van der Waals surface area contributed by atoms with Gasteiger partial charge in [-0.2, -0.15) is 0 Å². The summed E-state index contributed by atoms with van der Waals surface area (Å²) in [5.74, 6) is -1.12. The van der Waals surface area contributed by atoms with Gasteiger partial charge in [0, 0.05) is 12.6 Å². The number of amides is 2. The van der Waals surface area contributed by atoms with Gasteiger partial charge in [0.2, 0.25) is 11.8 Å². The lowest BCUT2D eigenvalue weighted by molar-refractivity contribution is -0.139. The van der Waals surface area contributed by atoms with Gasteiger partial charge < -0.3 is 15.0 Å². The smallest absolute Gasteiger partial charge is 0.264 e. The Morgan fingerprint density at radius 1 is 0.951 bits per heavy atom. The summed E-state index contributed by atoms with van der Waals surface area (Å²) in [5.41, 5.74) is 1.67. The van der Waals surface area contributed by atoms with Crippen LogP contribution in [0.1, 0.15) is 45.2 Å². The lowest BCUT2D eigenvalue weighted by Crippen LogP contribution is -2.52. The fourth-order valence-corrected chi connectivity index (χ4v) is 5.55. The van der Waals surface area contributed by atoms with E-state index in [2.05, 4.69) is 5.32 Å². The Bertz CT molecular complexity index is 1430. The van der Waals surface area contributed by atoms with Crippen molar-refractivity contribution >= 4 is 27.5 Å². The van der Waals surface area contributed by atoms with E-state index in [9.17, 15) is 22.4 Å². The maximum atomic E-state index is 14.0. The number of rotatable bonds is 13. The van der Waals surface area contributed by atoms with E-state index >= 15 is 0 Å². The van der Waals surface area contributed by atoms with E-state index in [0.717, 1.165) is 9.87 Å². The number of nitrogens with one attached hydrogen (secondary N) is 1. The van der Waals surface area contributed by atoms with Gasteiger partial charge in [0.1, 0.15) is 24.2 Å². The summed E-state index contributed by atoms with van der Waals surface area (Å²) < 4.78 is 48.4. The van der Waals surface area contributed by atoms with Crippen LogP contribution in [-0.2, 0) is 26.2 Å². The number of aryl methyl sites for hydroxylation is 1. The summed E-state index contributed by atoms with van der Waals surface area (Å²) in [5, 5.41) is 2.89. The number of carbonyl (C=O) groups excluding carboxylic acids is 2. The minimum Gasteiger partial charge on any atom is -0.492 e. The molecule has 0 fully saturated rings. The number of benzene rings is 3. The van der Waals surface area contributed by atoms with Gasteiger partial charge in [0.25, 0.3) is 10.0 Å². The standard InChI is InChI=1S/C31H38FN3O5S/c1-6-23(4)33-31(37)24(5)34(20-25-14-16-26(32)17-15-25)30(36)21-35(28-10-8-9-11-29(28)40-7-2)41(38,39)27-18-12-22(3)13-19-27/h8-19,23-24H,6-7,20-21H2,1-5H3,(H,33,37)/t23-,24+/m1/s1. The van der Waals surface area contributed by atoms with Crippen LogP contribution in [0.4, 0.5) is 10.1 Å². The average Bonchev–Trinajstić information content (AvgIpc) is 2.95. The van der Waals surface area contributed by atoms with Crippen molar-refractivity contribution in [1.82, 2.24) is 10.2 Å². The fourth-order valence-electron chi connectivity index (χ4n) is 4.13. The van der Waals surface area contributed by atoms with Crippen LogP contribution in [0.3, 0.4) is 0 Å². The van der Waals surface area contributed by atoms with Crippen LogP contribution in [0.5, 0.6) is 5.75 Å². The Labute approximate surface area is 242 Å². The number of ether oxygens (including phenoxy) is 1.